The van der Waals surface area contributed by atoms with Crippen molar-refractivity contribution >= 4 is 28.5 Å². The molecule has 1 heterocycles. The summed E-state index contributed by atoms with van der Waals surface area (Å²) in [5.74, 6) is -0.406. The maximum absolute atomic E-state index is 13.0. The molecule has 0 radical (unpaired) electrons. The van der Waals surface area contributed by atoms with Gasteiger partial charge in [-0.15, -0.1) is 0 Å². The highest BCUT2D eigenvalue weighted by Gasteiger charge is 2.25. The standard InChI is InChI=1S/C23H25N3O4/c1-23(2,3)30-22(29)26-19(13-15-7-5-4-6-8-15)21(28)25-17-10-9-16-11-12-24-20(27)18(16)14-17/h4-12,14,19H,13H2,1-3H3,(H,24,27)(H,25,28)(H,26,29)/t19-/m0/s1. The Morgan fingerprint density at radius 1 is 1.07 bits per heavy atom. The highest BCUT2D eigenvalue weighted by molar-refractivity contribution is 5.98. The molecule has 0 aliphatic rings. The Morgan fingerprint density at radius 3 is 2.50 bits per heavy atom. The Hall–Kier alpha value is -3.61. The molecule has 3 rings (SSSR count). The molecule has 0 aliphatic heterocycles. The Balaban J connectivity index is 1.81. The molecule has 7 heteroatoms. The van der Waals surface area contributed by atoms with Gasteiger partial charge < -0.3 is 20.4 Å². The number of aromatic amines is 1. The van der Waals surface area contributed by atoms with E-state index in [1.807, 2.05) is 30.3 Å². The van der Waals surface area contributed by atoms with E-state index in [1.165, 1.54) is 0 Å². The van der Waals surface area contributed by atoms with Gasteiger partial charge in [0.05, 0.1) is 0 Å². The van der Waals surface area contributed by atoms with Crippen LogP contribution in [0.3, 0.4) is 0 Å². The molecule has 0 saturated carbocycles. The number of nitrogens with one attached hydrogen (secondary N) is 3. The third-order valence-corrected chi connectivity index (χ3v) is 4.33. The molecule has 0 saturated heterocycles. The molecule has 30 heavy (non-hydrogen) atoms. The van der Waals surface area contributed by atoms with E-state index < -0.39 is 23.6 Å². The van der Waals surface area contributed by atoms with Crippen LogP contribution in [-0.2, 0) is 16.0 Å². The minimum absolute atomic E-state index is 0.240. The third kappa shape index (κ3) is 5.70. The SMILES string of the molecule is CC(C)(C)OC(=O)N[C@@H](Cc1ccccc1)C(=O)Nc1ccc2cc[nH]c(=O)c2c1. The van der Waals surface area contributed by atoms with Crippen LogP contribution in [0.5, 0.6) is 0 Å². The molecule has 0 spiro atoms. The van der Waals surface area contributed by atoms with Gasteiger partial charge in [-0.2, -0.15) is 0 Å². The summed E-state index contributed by atoms with van der Waals surface area (Å²) in [4.78, 5) is 39.9. The van der Waals surface area contributed by atoms with Gasteiger partial charge in [-0.3, -0.25) is 9.59 Å². The van der Waals surface area contributed by atoms with Crippen LogP contribution >= 0.6 is 0 Å². The largest absolute Gasteiger partial charge is 0.444 e. The Morgan fingerprint density at radius 2 is 1.80 bits per heavy atom. The van der Waals surface area contributed by atoms with Crippen molar-refractivity contribution in [1.29, 1.82) is 0 Å². The lowest BCUT2D eigenvalue weighted by molar-refractivity contribution is -0.118. The fourth-order valence-corrected chi connectivity index (χ4v) is 3.00. The summed E-state index contributed by atoms with van der Waals surface area (Å²) in [7, 11) is 0. The van der Waals surface area contributed by atoms with Gasteiger partial charge in [-0.25, -0.2) is 4.79 Å². The van der Waals surface area contributed by atoms with Gasteiger partial charge in [0, 0.05) is 23.7 Å². The number of carbonyl (C=O) groups is 2. The summed E-state index contributed by atoms with van der Waals surface area (Å²) in [6.45, 7) is 5.27. The summed E-state index contributed by atoms with van der Waals surface area (Å²) in [6, 6.07) is 15.4. The van der Waals surface area contributed by atoms with Crippen LogP contribution < -0.4 is 16.2 Å². The molecule has 0 unspecified atom stereocenters. The van der Waals surface area contributed by atoms with Gasteiger partial charge >= 0.3 is 6.09 Å². The van der Waals surface area contributed by atoms with E-state index in [0.717, 1.165) is 10.9 Å². The van der Waals surface area contributed by atoms with Crippen molar-refractivity contribution in [2.45, 2.75) is 38.8 Å². The Labute approximate surface area is 174 Å². The molecule has 0 fully saturated rings. The highest BCUT2D eigenvalue weighted by Crippen LogP contribution is 2.16. The number of hydrogen-bond acceptors (Lipinski definition) is 4. The number of pyridine rings is 1. The number of H-pyrrole nitrogens is 1. The zero-order chi connectivity index (χ0) is 21.7. The van der Waals surface area contributed by atoms with E-state index in [9.17, 15) is 14.4 Å². The van der Waals surface area contributed by atoms with E-state index in [0.29, 0.717) is 17.5 Å². The molecule has 156 valence electrons. The molecule has 7 nitrogen and oxygen atoms in total. The van der Waals surface area contributed by atoms with Gasteiger partial charge in [0.2, 0.25) is 5.91 Å². The number of hydrogen-bond donors (Lipinski definition) is 3. The number of anilines is 1. The summed E-state index contributed by atoms with van der Waals surface area (Å²) < 4.78 is 5.30. The fourth-order valence-electron chi connectivity index (χ4n) is 3.00. The first-order valence-corrected chi connectivity index (χ1v) is 9.67. The number of rotatable bonds is 5. The lowest BCUT2D eigenvalue weighted by Crippen LogP contribution is -2.47. The molecular formula is C23H25N3O4. The van der Waals surface area contributed by atoms with E-state index in [-0.39, 0.29) is 5.56 Å². The zero-order valence-corrected chi connectivity index (χ0v) is 17.2. The second-order valence-corrected chi connectivity index (χ2v) is 7.99. The molecule has 3 N–H and O–H groups in total. The number of aromatic nitrogens is 1. The van der Waals surface area contributed by atoms with Crippen LogP contribution in [0, 0.1) is 0 Å². The Kier molecular flexibility index (Phi) is 6.20. The molecule has 2 amide bonds. The minimum Gasteiger partial charge on any atom is -0.444 e. The summed E-state index contributed by atoms with van der Waals surface area (Å²) in [6.07, 6.45) is 1.19. The van der Waals surface area contributed by atoms with Gasteiger partial charge in [-0.05, 0) is 49.9 Å². The average molecular weight is 407 g/mol. The van der Waals surface area contributed by atoms with Crippen molar-refractivity contribution in [2.75, 3.05) is 5.32 Å². The lowest BCUT2D eigenvalue weighted by Gasteiger charge is -2.23. The van der Waals surface area contributed by atoms with Crippen molar-refractivity contribution in [3.8, 4) is 0 Å². The summed E-state index contributed by atoms with van der Waals surface area (Å²) in [5, 5.41) is 6.67. The number of amides is 2. The van der Waals surface area contributed by atoms with Crippen LogP contribution in [-0.4, -0.2) is 28.6 Å². The number of ether oxygens (including phenoxy) is 1. The van der Waals surface area contributed by atoms with Gasteiger partial charge in [0.15, 0.2) is 0 Å². The molecule has 3 aromatic rings. The van der Waals surface area contributed by atoms with Crippen molar-refractivity contribution < 1.29 is 14.3 Å². The lowest BCUT2D eigenvalue weighted by atomic mass is 10.1. The van der Waals surface area contributed by atoms with Crippen molar-refractivity contribution in [2.24, 2.45) is 0 Å². The number of alkyl carbamates (subject to hydrolysis) is 1. The first-order valence-electron chi connectivity index (χ1n) is 9.67. The number of benzene rings is 2. The van der Waals surface area contributed by atoms with E-state index in [4.69, 9.17) is 4.74 Å². The molecule has 0 bridgehead atoms. The monoisotopic (exact) mass is 407 g/mol. The number of fused-ring (bicyclic) bond motifs is 1. The predicted molar refractivity (Wildman–Crippen MR) is 117 cm³/mol. The van der Waals surface area contributed by atoms with Crippen LogP contribution in [0.2, 0.25) is 0 Å². The first kappa shape index (κ1) is 21.1. The molecule has 2 aromatic carbocycles. The Bertz CT molecular complexity index is 1100. The van der Waals surface area contributed by atoms with Crippen LogP contribution in [0.1, 0.15) is 26.3 Å². The van der Waals surface area contributed by atoms with Crippen LogP contribution in [0.15, 0.2) is 65.6 Å². The van der Waals surface area contributed by atoms with Crippen LogP contribution in [0.25, 0.3) is 10.8 Å². The van der Waals surface area contributed by atoms with Crippen LogP contribution in [0.4, 0.5) is 10.5 Å². The molecule has 0 aliphatic carbocycles. The number of carbonyl (C=O) groups excluding carboxylic acids is 2. The maximum atomic E-state index is 13.0. The average Bonchev–Trinajstić information content (AvgIpc) is 2.67. The normalized spacial score (nSPS) is 12.2. The van der Waals surface area contributed by atoms with E-state index in [1.54, 1.807) is 51.2 Å². The summed E-state index contributed by atoms with van der Waals surface area (Å²) >= 11 is 0. The van der Waals surface area contributed by atoms with E-state index >= 15 is 0 Å². The maximum Gasteiger partial charge on any atom is 0.408 e. The van der Waals surface area contributed by atoms with Gasteiger partial charge in [-0.1, -0.05) is 36.4 Å². The van der Waals surface area contributed by atoms with Crippen molar-refractivity contribution in [1.82, 2.24) is 10.3 Å². The smallest absolute Gasteiger partial charge is 0.408 e. The minimum atomic E-state index is -0.855. The quantitative estimate of drug-likeness (QED) is 0.602. The van der Waals surface area contributed by atoms with Gasteiger partial charge in [0.1, 0.15) is 11.6 Å². The molecule has 1 atom stereocenters. The van der Waals surface area contributed by atoms with Gasteiger partial charge in [0.25, 0.3) is 5.56 Å². The predicted octanol–water partition coefficient (Wildman–Crippen LogP) is 3.60. The molecular weight excluding hydrogens is 382 g/mol. The van der Waals surface area contributed by atoms with Crippen molar-refractivity contribution in [3.63, 3.8) is 0 Å². The zero-order valence-electron chi connectivity index (χ0n) is 17.2. The fraction of sp³-hybridized carbons (Fsp3) is 0.261. The first-order chi connectivity index (χ1) is 14.2. The second-order valence-electron chi connectivity index (χ2n) is 7.99. The molecule has 1 aromatic heterocycles. The highest BCUT2D eigenvalue weighted by atomic mass is 16.6. The van der Waals surface area contributed by atoms with Crippen molar-refractivity contribution in [3.05, 3.63) is 76.7 Å². The summed E-state index contributed by atoms with van der Waals surface area (Å²) in [5.41, 5.74) is 0.435. The second kappa shape index (κ2) is 8.82. The topological polar surface area (TPSA) is 100 Å². The van der Waals surface area contributed by atoms with E-state index in [2.05, 4.69) is 15.6 Å². The third-order valence-electron chi connectivity index (χ3n) is 4.33.